The van der Waals surface area contributed by atoms with E-state index in [0.717, 1.165) is 56.3 Å². The van der Waals surface area contributed by atoms with Crippen LogP contribution in [-0.2, 0) is 12.8 Å². The molecule has 0 radical (unpaired) electrons. The van der Waals surface area contributed by atoms with Crippen LogP contribution in [0.25, 0.3) is 10.8 Å². The minimum absolute atomic E-state index is 0.0242. The van der Waals surface area contributed by atoms with E-state index in [0.29, 0.717) is 6.04 Å². The zero-order chi connectivity index (χ0) is 20.8. The van der Waals surface area contributed by atoms with E-state index in [1.54, 1.807) is 0 Å². The summed E-state index contributed by atoms with van der Waals surface area (Å²) in [6.07, 6.45) is 6.80. The number of amides is 1. The van der Waals surface area contributed by atoms with Crippen LogP contribution in [-0.4, -0.2) is 41.5 Å². The smallest absolute Gasteiger partial charge is 0.251 e. The first kappa shape index (κ1) is 21.0. The van der Waals surface area contributed by atoms with Gasteiger partial charge in [-0.15, -0.1) is 11.3 Å². The lowest BCUT2D eigenvalue weighted by Crippen LogP contribution is -2.40. The van der Waals surface area contributed by atoms with Crippen LogP contribution in [0.1, 0.15) is 53.5 Å². The van der Waals surface area contributed by atoms with E-state index in [1.165, 1.54) is 28.8 Å². The number of carbonyl (C=O) groups is 1. The van der Waals surface area contributed by atoms with Crippen molar-refractivity contribution in [3.05, 3.63) is 64.1 Å². The summed E-state index contributed by atoms with van der Waals surface area (Å²) in [5, 5.41) is 5.37. The first-order valence-electron chi connectivity index (χ1n) is 11.2. The average molecular weight is 422 g/mol. The molecule has 30 heavy (non-hydrogen) atoms. The van der Waals surface area contributed by atoms with Crippen LogP contribution < -0.4 is 5.32 Å². The number of nitrogens with one attached hydrogen (secondary N) is 1. The lowest BCUT2D eigenvalue weighted by Gasteiger charge is -2.33. The predicted octanol–water partition coefficient (Wildman–Crippen LogP) is 5.08. The third-order valence-corrected chi connectivity index (χ3v) is 6.95. The molecule has 1 heterocycles. The molecule has 1 N–H and O–H groups in total. The van der Waals surface area contributed by atoms with Crippen LogP contribution in [0.3, 0.4) is 0 Å². The summed E-state index contributed by atoms with van der Waals surface area (Å²) in [6, 6.07) is 14.7. The third-order valence-electron chi connectivity index (χ3n) is 6.06. The number of unbranched alkanes of at least 4 members (excludes halogenated alkanes) is 1. The summed E-state index contributed by atoms with van der Waals surface area (Å²) in [5.74, 6) is 0.0242. The molecule has 1 atom stereocenters. The molecule has 0 bridgehead atoms. The number of carbonyl (C=O) groups excluding carboxylic acids is 1. The Kier molecular flexibility index (Phi) is 7.13. The van der Waals surface area contributed by atoms with Crippen LogP contribution in [0.2, 0.25) is 0 Å². The molecule has 1 amide bonds. The molecular formula is C25H31N3OS. The van der Waals surface area contributed by atoms with E-state index in [2.05, 4.69) is 34.3 Å². The van der Waals surface area contributed by atoms with Gasteiger partial charge in [0.05, 0.1) is 11.2 Å². The summed E-state index contributed by atoms with van der Waals surface area (Å²) in [4.78, 5) is 21.1. The maximum absolute atomic E-state index is 12.5. The Hall–Kier alpha value is -2.24. The van der Waals surface area contributed by atoms with Gasteiger partial charge in [0.25, 0.3) is 5.91 Å². The van der Waals surface area contributed by atoms with Gasteiger partial charge in [0.15, 0.2) is 0 Å². The van der Waals surface area contributed by atoms with Crippen molar-refractivity contribution in [2.75, 3.05) is 19.6 Å². The van der Waals surface area contributed by atoms with Crippen molar-refractivity contribution in [1.29, 1.82) is 0 Å². The van der Waals surface area contributed by atoms with E-state index >= 15 is 0 Å². The molecule has 1 aliphatic rings. The van der Waals surface area contributed by atoms with E-state index in [4.69, 9.17) is 0 Å². The molecule has 3 aromatic rings. The van der Waals surface area contributed by atoms with Crippen molar-refractivity contribution < 1.29 is 4.79 Å². The highest BCUT2D eigenvalue weighted by Crippen LogP contribution is 2.27. The van der Waals surface area contributed by atoms with Gasteiger partial charge in [0, 0.05) is 23.0 Å². The summed E-state index contributed by atoms with van der Waals surface area (Å²) < 4.78 is 0. The molecule has 0 saturated carbocycles. The Morgan fingerprint density at radius 1 is 1.17 bits per heavy atom. The van der Waals surface area contributed by atoms with Crippen molar-refractivity contribution in [2.24, 2.45) is 0 Å². The molecule has 0 aliphatic heterocycles. The van der Waals surface area contributed by atoms with E-state index in [9.17, 15) is 4.79 Å². The van der Waals surface area contributed by atoms with Crippen LogP contribution in [0.4, 0.5) is 0 Å². The fourth-order valence-corrected chi connectivity index (χ4v) is 5.32. The van der Waals surface area contributed by atoms with Crippen LogP contribution in [0.15, 0.2) is 48.0 Å². The van der Waals surface area contributed by atoms with Gasteiger partial charge in [-0.3, -0.25) is 4.79 Å². The van der Waals surface area contributed by atoms with Gasteiger partial charge in [0.2, 0.25) is 0 Å². The zero-order valence-electron chi connectivity index (χ0n) is 17.8. The van der Waals surface area contributed by atoms with Crippen molar-refractivity contribution in [3.8, 4) is 0 Å². The fraction of sp³-hybridized carbons (Fsp3) is 0.440. The van der Waals surface area contributed by atoms with Crippen LogP contribution in [0, 0.1) is 0 Å². The number of hydrogen-bond donors (Lipinski definition) is 1. The van der Waals surface area contributed by atoms with Gasteiger partial charge in [-0.1, -0.05) is 37.3 Å². The molecule has 2 aromatic carbocycles. The monoisotopic (exact) mass is 421 g/mol. The molecule has 5 heteroatoms. The largest absolute Gasteiger partial charge is 0.352 e. The van der Waals surface area contributed by atoms with Crippen LogP contribution in [0.5, 0.6) is 0 Å². The number of thiazole rings is 1. The van der Waals surface area contributed by atoms with E-state index < -0.39 is 0 Å². The molecule has 1 aromatic heterocycles. The number of aryl methyl sites for hydroxylation is 1. The molecule has 1 aliphatic carbocycles. The molecule has 0 saturated heterocycles. The maximum atomic E-state index is 12.5. The summed E-state index contributed by atoms with van der Waals surface area (Å²) in [5.41, 5.74) is 4.06. The van der Waals surface area contributed by atoms with Crippen molar-refractivity contribution in [1.82, 2.24) is 15.2 Å². The molecule has 0 fully saturated rings. The SMILES string of the molecule is CCCN(CCCCNC(=O)c1ccc2ccccc2c1)C1CCc2ncsc2C1. The van der Waals surface area contributed by atoms with Gasteiger partial charge in [-0.2, -0.15) is 0 Å². The molecule has 1 unspecified atom stereocenters. The lowest BCUT2D eigenvalue weighted by atomic mass is 9.96. The first-order chi connectivity index (χ1) is 14.7. The number of rotatable bonds is 9. The molecular weight excluding hydrogens is 390 g/mol. The number of hydrogen-bond acceptors (Lipinski definition) is 4. The third kappa shape index (κ3) is 5.08. The highest BCUT2D eigenvalue weighted by atomic mass is 32.1. The molecule has 4 nitrogen and oxygen atoms in total. The summed E-state index contributed by atoms with van der Waals surface area (Å²) >= 11 is 1.81. The zero-order valence-corrected chi connectivity index (χ0v) is 18.6. The highest BCUT2D eigenvalue weighted by Gasteiger charge is 2.25. The van der Waals surface area contributed by atoms with Crippen molar-refractivity contribution in [2.45, 2.75) is 51.5 Å². The second kappa shape index (κ2) is 10.2. The van der Waals surface area contributed by atoms with Gasteiger partial charge in [-0.05, 0) is 74.5 Å². The number of aromatic nitrogens is 1. The minimum atomic E-state index is 0.0242. The van der Waals surface area contributed by atoms with E-state index in [-0.39, 0.29) is 5.91 Å². The molecule has 0 spiro atoms. The number of fused-ring (bicyclic) bond motifs is 2. The minimum Gasteiger partial charge on any atom is -0.352 e. The average Bonchev–Trinajstić information content (AvgIpc) is 3.25. The number of nitrogens with zero attached hydrogens (tertiary/aromatic N) is 2. The summed E-state index contributed by atoms with van der Waals surface area (Å²) in [7, 11) is 0. The quantitative estimate of drug-likeness (QED) is 0.490. The number of benzene rings is 2. The Balaban J connectivity index is 1.22. The summed E-state index contributed by atoms with van der Waals surface area (Å²) in [6.45, 7) is 5.26. The Morgan fingerprint density at radius 3 is 2.90 bits per heavy atom. The first-order valence-corrected chi connectivity index (χ1v) is 12.0. The Morgan fingerprint density at radius 2 is 2.03 bits per heavy atom. The van der Waals surface area contributed by atoms with Gasteiger partial charge >= 0.3 is 0 Å². The van der Waals surface area contributed by atoms with Crippen LogP contribution >= 0.6 is 11.3 Å². The fourth-order valence-electron chi connectivity index (χ4n) is 4.43. The second-order valence-corrected chi connectivity index (χ2v) is 9.12. The second-order valence-electron chi connectivity index (χ2n) is 8.18. The van der Waals surface area contributed by atoms with Crippen molar-refractivity contribution in [3.63, 3.8) is 0 Å². The van der Waals surface area contributed by atoms with Gasteiger partial charge in [-0.25, -0.2) is 4.98 Å². The molecule has 158 valence electrons. The van der Waals surface area contributed by atoms with E-state index in [1.807, 2.05) is 47.2 Å². The molecule has 4 rings (SSSR count). The maximum Gasteiger partial charge on any atom is 0.251 e. The Bertz CT molecular complexity index is 983. The Labute approximate surface area is 183 Å². The topological polar surface area (TPSA) is 45.2 Å². The standard InChI is InChI=1S/C25H31N3OS/c1-2-14-28(22-11-12-23-24(17-22)30-18-27-23)15-6-5-13-26-25(29)21-10-9-19-7-3-4-8-20(19)16-21/h3-4,7-10,16,18,22H,2,5-6,11-15,17H2,1H3,(H,26,29). The predicted molar refractivity (Wildman–Crippen MR) is 125 cm³/mol. The van der Waals surface area contributed by atoms with Gasteiger partial charge in [0.1, 0.15) is 0 Å². The lowest BCUT2D eigenvalue weighted by molar-refractivity contribution is 0.0952. The van der Waals surface area contributed by atoms with Crippen molar-refractivity contribution >= 4 is 28.0 Å². The van der Waals surface area contributed by atoms with Gasteiger partial charge < -0.3 is 10.2 Å². The highest BCUT2D eigenvalue weighted by molar-refractivity contribution is 7.09. The normalized spacial score (nSPS) is 16.0.